The van der Waals surface area contributed by atoms with Gasteiger partial charge in [0.2, 0.25) is 11.8 Å². The van der Waals surface area contributed by atoms with Crippen LogP contribution in [0.2, 0.25) is 0 Å². The smallest absolute Gasteiger partial charge is 0.261 e. The molecular formula is C28H31N5O4S. The first-order chi connectivity index (χ1) is 18.5. The van der Waals surface area contributed by atoms with Gasteiger partial charge < -0.3 is 19.4 Å². The fourth-order valence-electron chi connectivity index (χ4n) is 5.05. The Balaban J connectivity index is 1.34. The van der Waals surface area contributed by atoms with Crippen molar-refractivity contribution in [3.05, 3.63) is 65.2 Å². The number of hydrogen-bond donors (Lipinski definition) is 0. The molecule has 10 heteroatoms. The van der Waals surface area contributed by atoms with Gasteiger partial charge in [0.05, 0.1) is 17.7 Å². The molecular weight excluding hydrogens is 502 g/mol. The highest BCUT2D eigenvalue weighted by atomic mass is 32.1. The Morgan fingerprint density at radius 3 is 2.47 bits per heavy atom. The van der Waals surface area contributed by atoms with Gasteiger partial charge in [-0.15, -0.1) is 11.3 Å². The lowest BCUT2D eigenvalue weighted by Gasteiger charge is -2.28. The third kappa shape index (κ3) is 5.85. The van der Waals surface area contributed by atoms with Gasteiger partial charge in [-0.1, -0.05) is 18.2 Å². The molecule has 198 valence electrons. The topological polar surface area (TPSA) is 95.9 Å². The van der Waals surface area contributed by atoms with Crippen molar-refractivity contribution in [1.82, 2.24) is 24.7 Å². The number of nitrogens with zero attached hydrogens (tertiary/aromatic N) is 5. The predicted molar refractivity (Wildman–Crippen MR) is 143 cm³/mol. The first kappa shape index (κ1) is 25.8. The first-order valence-electron chi connectivity index (χ1n) is 12.9. The Bertz CT molecular complexity index is 1270. The van der Waals surface area contributed by atoms with Crippen LogP contribution in [0.5, 0.6) is 5.75 Å². The average Bonchev–Trinajstić information content (AvgIpc) is 3.59. The minimum Gasteiger partial charge on any atom is -0.484 e. The molecule has 2 aliphatic heterocycles. The molecule has 3 aromatic rings. The second-order valence-corrected chi connectivity index (χ2v) is 10.5. The lowest BCUT2D eigenvalue weighted by molar-refractivity contribution is -0.138. The minimum absolute atomic E-state index is 0.000176. The average molecular weight is 534 g/mol. The number of carbonyl (C=O) groups is 3. The maximum absolute atomic E-state index is 13.5. The van der Waals surface area contributed by atoms with E-state index in [-0.39, 0.29) is 36.3 Å². The lowest BCUT2D eigenvalue weighted by Crippen LogP contribution is -2.42. The number of ether oxygens (including phenoxy) is 1. The largest absolute Gasteiger partial charge is 0.484 e. The summed E-state index contributed by atoms with van der Waals surface area (Å²) in [6.45, 7) is 3.87. The van der Waals surface area contributed by atoms with Gasteiger partial charge in [0.25, 0.3) is 5.91 Å². The maximum atomic E-state index is 13.5. The summed E-state index contributed by atoms with van der Waals surface area (Å²) in [6, 6.07) is 12.8. The Hall–Kier alpha value is -3.79. The fraction of sp³-hybridized carbons (Fsp3) is 0.393. The quantitative estimate of drug-likeness (QED) is 0.483. The SMILES string of the molecule is CC(=O)N1CCC(C(=O)N2CCC(c3nc(-c4ccncc4)cs3)N(C(=O)COc3ccccc3)CC2)C1. The number of benzene rings is 1. The maximum Gasteiger partial charge on any atom is 0.261 e. The molecule has 2 aliphatic rings. The van der Waals surface area contributed by atoms with Gasteiger partial charge in [-0.25, -0.2) is 4.98 Å². The molecule has 0 bridgehead atoms. The van der Waals surface area contributed by atoms with Crippen molar-refractivity contribution < 1.29 is 19.1 Å². The van der Waals surface area contributed by atoms with E-state index in [9.17, 15) is 14.4 Å². The molecule has 2 saturated heterocycles. The van der Waals surface area contributed by atoms with E-state index in [1.807, 2.05) is 57.6 Å². The molecule has 1 aromatic carbocycles. The fourth-order valence-corrected chi connectivity index (χ4v) is 6.03. The highest BCUT2D eigenvalue weighted by Crippen LogP contribution is 2.33. The normalized spacial score (nSPS) is 19.8. The van der Waals surface area contributed by atoms with E-state index < -0.39 is 0 Å². The number of amides is 3. The van der Waals surface area contributed by atoms with Crippen molar-refractivity contribution in [2.45, 2.75) is 25.8 Å². The molecule has 0 aliphatic carbocycles. The van der Waals surface area contributed by atoms with E-state index >= 15 is 0 Å². The standard InChI is InChI=1S/C28H31N5O4S/c1-20(34)32-13-9-22(17-32)28(36)31-14-10-25(27-30-24(19-38-27)21-7-11-29-12-8-21)33(16-15-31)26(35)18-37-23-5-3-2-4-6-23/h2-8,11-12,19,22,25H,9-10,13-18H2,1H3. The van der Waals surface area contributed by atoms with Crippen LogP contribution in [0, 0.1) is 5.92 Å². The van der Waals surface area contributed by atoms with Crippen LogP contribution in [0.1, 0.15) is 30.8 Å². The van der Waals surface area contributed by atoms with Crippen LogP contribution in [-0.4, -0.2) is 81.7 Å². The second-order valence-electron chi connectivity index (χ2n) is 9.58. The van der Waals surface area contributed by atoms with Crippen LogP contribution in [0.3, 0.4) is 0 Å². The Morgan fingerprint density at radius 1 is 0.974 bits per heavy atom. The van der Waals surface area contributed by atoms with E-state index in [0.29, 0.717) is 51.3 Å². The number of likely N-dealkylation sites (tertiary alicyclic amines) is 1. The molecule has 2 unspecified atom stereocenters. The molecule has 5 rings (SSSR count). The van der Waals surface area contributed by atoms with Crippen molar-refractivity contribution in [3.63, 3.8) is 0 Å². The predicted octanol–water partition coefficient (Wildman–Crippen LogP) is 3.25. The van der Waals surface area contributed by atoms with Crippen molar-refractivity contribution in [3.8, 4) is 17.0 Å². The summed E-state index contributed by atoms with van der Waals surface area (Å²) in [5.41, 5.74) is 1.81. The number of aromatic nitrogens is 2. The number of thiazole rings is 1. The van der Waals surface area contributed by atoms with Crippen molar-refractivity contribution >= 4 is 29.1 Å². The molecule has 3 amide bonds. The lowest BCUT2D eigenvalue weighted by atomic mass is 10.1. The summed E-state index contributed by atoms with van der Waals surface area (Å²) < 4.78 is 5.78. The van der Waals surface area contributed by atoms with Gasteiger partial charge in [-0.2, -0.15) is 0 Å². The van der Waals surface area contributed by atoms with Gasteiger partial charge in [-0.05, 0) is 37.1 Å². The van der Waals surface area contributed by atoms with Gasteiger partial charge in [0, 0.05) is 63.0 Å². The number of rotatable bonds is 6. The van der Waals surface area contributed by atoms with Crippen molar-refractivity contribution in [2.75, 3.05) is 39.3 Å². The third-order valence-corrected chi connectivity index (χ3v) is 8.11. The molecule has 9 nitrogen and oxygen atoms in total. The van der Waals surface area contributed by atoms with E-state index in [1.54, 1.807) is 24.2 Å². The number of pyridine rings is 1. The summed E-state index contributed by atoms with van der Waals surface area (Å²) >= 11 is 1.52. The summed E-state index contributed by atoms with van der Waals surface area (Å²) in [5.74, 6) is 0.352. The van der Waals surface area contributed by atoms with E-state index in [2.05, 4.69) is 4.98 Å². The van der Waals surface area contributed by atoms with E-state index in [1.165, 1.54) is 11.3 Å². The number of carbonyl (C=O) groups excluding carboxylic acids is 3. The van der Waals surface area contributed by atoms with Crippen LogP contribution < -0.4 is 4.74 Å². The Labute approximate surface area is 226 Å². The van der Waals surface area contributed by atoms with E-state index in [4.69, 9.17) is 9.72 Å². The van der Waals surface area contributed by atoms with Gasteiger partial charge in [0.1, 0.15) is 10.8 Å². The van der Waals surface area contributed by atoms with Crippen LogP contribution in [0.15, 0.2) is 60.2 Å². The zero-order chi connectivity index (χ0) is 26.5. The first-order valence-corrected chi connectivity index (χ1v) is 13.7. The Morgan fingerprint density at radius 2 is 1.74 bits per heavy atom. The third-order valence-electron chi connectivity index (χ3n) is 7.16. The summed E-state index contributed by atoms with van der Waals surface area (Å²) in [5, 5.41) is 2.83. The zero-order valence-corrected chi connectivity index (χ0v) is 22.2. The van der Waals surface area contributed by atoms with Crippen molar-refractivity contribution in [1.29, 1.82) is 0 Å². The highest BCUT2D eigenvalue weighted by Gasteiger charge is 2.36. The van der Waals surface area contributed by atoms with Gasteiger partial charge in [0.15, 0.2) is 6.61 Å². The van der Waals surface area contributed by atoms with E-state index in [0.717, 1.165) is 16.3 Å². The molecule has 2 aromatic heterocycles. The second kappa shape index (κ2) is 11.7. The molecule has 2 atom stereocenters. The van der Waals surface area contributed by atoms with Crippen LogP contribution >= 0.6 is 11.3 Å². The van der Waals surface area contributed by atoms with Crippen LogP contribution in [-0.2, 0) is 14.4 Å². The minimum atomic E-state index is -0.266. The number of hydrogen-bond acceptors (Lipinski definition) is 7. The molecule has 0 spiro atoms. The molecule has 0 N–H and O–H groups in total. The van der Waals surface area contributed by atoms with Gasteiger partial charge in [-0.3, -0.25) is 19.4 Å². The summed E-state index contributed by atoms with van der Waals surface area (Å²) in [4.78, 5) is 53.0. The molecule has 0 radical (unpaired) electrons. The molecule has 2 fully saturated rings. The summed E-state index contributed by atoms with van der Waals surface area (Å²) in [7, 11) is 0. The number of para-hydroxylation sites is 1. The Kier molecular flexibility index (Phi) is 7.97. The highest BCUT2D eigenvalue weighted by molar-refractivity contribution is 7.10. The van der Waals surface area contributed by atoms with Crippen LogP contribution in [0.4, 0.5) is 0 Å². The summed E-state index contributed by atoms with van der Waals surface area (Å²) in [6.07, 6.45) is 4.72. The van der Waals surface area contributed by atoms with Crippen molar-refractivity contribution in [2.24, 2.45) is 5.92 Å². The zero-order valence-electron chi connectivity index (χ0n) is 21.4. The van der Waals surface area contributed by atoms with Gasteiger partial charge >= 0.3 is 0 Å². The molecule has 38 heavy (non-hydrogen) atoms. The molecule has 0 saturated carbocycles. The monoisotopic (exact) mass is 533 g/mol. The van der Waals surface area contributed by atoms with Crippen LogP contribution in [0.25, 0.3) is 11.3 Å². The molecule has 4 heterocycles.